The fourth-order valence-electron chi connectivity index (χ4n) is 3.35. The second-order valence-corrected chi connectivity index (χ2v) is 7.02. The molecule has 0 bridgehead atoms. The third kappa shape index (κ3) is 4.45. The van der Waals surface area contributed by atoms with E-state index >= 15 is 0 Å². The second-order valence-electron chi connectivity index (χ2n) is 7.02. The normalized spacial score (nSPS) is 10.8. The van der Waals surface area contributed by atoms with Gasteiger partial charge >= 0.3 is 5.97 Å². The van der Waals surface area contributed by atoms with Gasteiger partial charge in [-0.2, -0.15) is 0 Å². The van der Waals surface area contributed by atoms with Gasteiger partial charge in [-0.3, -0.25) is 0 Å². The van der Waals surface area contributed by atoms with Crippen molar-refractivity contribution in [3.05, 3.63) is 60.4 Å². The van der Waals surface area contributed by atoms with Crippen molar-refractivity contribution in [3.63, 3.8) is 0 Å². The predicted molar refractivity (Wildman–Crippen MR) is 115 cm³/mol. The summed E-state index contributed by atoms with van der Waals surface area (Å²) >= 11 is 0. The Morgan fingerprint density at radius 2 is 1.55 bits per heavy atom. The van der Waals surface area contributed by atoms with Crippen LogP contribution in [0, 0.1) is 0 Å². The van der Waals surface area contributed by atoms with Crippen molar-refractivity contribution in [3.8, 4) is 33.8 Å². The number of aryl methyl sites for hydroxylation is 1. The highest BCUT2D eigenvalue weighted by atomic mass is 16.5. The average molecular weight is 393 g/mol. The summed E-state index contributed by atoms with van der Waals surface area (Å²) in [5.41, 5.74) is 4.21. The maximum atomic E-state index is 12.5. The molecule has 1 heterocycles. The van der Waals surface area contributed by atoms with Crippen molar-refractivity contribution in [2.45, 2.75) is 26.9 Å². The summed E-state index contributed by atoms with van der Waals surface area (Å²) in [6.45, 7) is 6.55. The zero-order chi connectivity index (χ0) is 21.0. The van der Waals surface area contributed by atoms with Crippen LogP contribution < -0.4 is 9.47 Å². The van der Waals surface area contributed by atoms with E-state index in [9.17, 15) is 4.79 Å². The minimum atomic E-state index is -0.373. The SMILES string of the molecule is CCOc1ccc(-c2c(-c3ccc(OC(C)C)cc3)cn(C)c2C(=O)OC)cc1. The molecule has 5 nitrogen and oxygen atoms in total. The average Bonchev–Trinajstić information content (AvgIpc) is 3.05. The van der Waals surface area contributed by atoms with Crippen LogP contribution in [-0.2, 0) is 11.8 Å². The van der Waals surface area contributed by atoms with E-state index in [1.807, 2.05) is 87.1 Å². The molecule has 3 rings (SSSR count). The Kier molecular flexibility index (Phi) is 6.27. The molecule has 0 unspecified atom stereocenters. The molecule has 0 N–H and O–H groups in total. The van der Waals surface area contributed by atoms with Gasteiger partial charge in [0, 0.05) is 24.4 Å². The molecule has 1 aromatic heterocycles. The molecule has 3 aromatic rings. The van der Waals surface area contributed by atoms with Crippen LogP contribution in [0.5, 0.6) is 11.5 Å². The number of esters is 1. The third-order valence-electron chi connectivity index (χ3n) is 4.55. The number of aromatic nitrogens is 1. The first kappa shape index (κ1) is 20.5. The highest BCUT2D eigenvalue weighted by Crippen LogP contribution is 2.38. The summed E-state index contributed by atoms with van der Waals surface area (Å²) < 4.78 is 18.2. The van der Waals surface area contributed by atoms with Crippen LogP contribution in [0.1, 0.15) is 31.3 Å². The van der Waals surface area contributed by atoms with Crippen molar-refractivity contribution in [1.29, 1.82) is 0 Å². The smallest absolute Gasteiger partial charge is 0.355 e. The van der Waals surface area contributed by atoms with Gasteiger partial charge in [-0.25, -0.2) is 4.79 Å². The van der Waals surface area contributed by atoms with Crippen molar-refractivity contribution in [2.24, 2.45) is 7.05 Å². The molecule has 0 fully saturated rings. The molecule has 29 heavy (non-hydrogen) atoms. The molecule has 0 amide bonds. The van der Waals surface area contributed by atoms with Gasteiger partial charge in [0.15, 0.2) is 0 Å². The maximum Gasteiger partial charge on any atom is 0.355 e. The zero-order valence-electron chi connectivity index (χ0n) is 17.6. The van der Waals surface area contributed by atoms with Crippen LogP contribution in [0.4, 0.5) is 0 Å². The van der Waals surface area contributed by atoms with Crippen LogP contribution in [0.2, 0.25) is 0 Å². The van der Waals surface area contributed by atoms with Gasteiger partial charge in [-0.15, -0.1) is 0 Å². The van der Waals surface area contributed by atoms with Gasteiger partial charge in [0.1, 0.15) is 17.2 Å². The Balaban J connectivity index is 2.11. The molecule has 0 saturated heterocycles. The van der Waals surface area contributed by atoms with E-state index in [4.69, 9.17) is 14.2 Å². The first-order valence-corrected chi connectivity index (χ1v) is 9.72. The highest BCUT2D eigenvalue weighted by Gasteiger charge is 2.23. The fraction of sp³-hybridized carbons (Fsp3) is 0.292. The molecule has 2 aromatic carbocycles. The van der Waals surface area contributed by atoms with Crippen molar-refractivity contribution in [2.75, 3.05) is 13.7 Å². The Morgan fingerprint density at radius 3 is 2.10 bits per heavy atom. The Morgan fingerprint density at radius 1 is 0.966 bits per heavy atom. The summed E-state index contributed by atoms with van der Waals surface area (Å²) in [5, 5.41) is 0. The van der Waals surface area contributed by atoms with Gasteiger partial charge in [0.05, 0.1) is 19.8 Å². The fourth-order valence-corrected chi connectivity index (χ4v) is 3.35. The van der Waals surface area contributed by atoms with Gasteiger partial charge < -0.3 is 18.8 Å². The quantitative estimate of drug-likeness (QED) is 0.509. The van der Waals surface area contributed by atoms with Gasteiger partial charge in [-0.1, -0.05) is 24.3 Å². The number of methoxy groups -OCH3 is 1. The first-order chi connectivity index (χ1) is 13.9. The molecular weight excluding hydrogens is 366 g/mol. The molecule has 0 saturated carbocycles. The summed E-state index contributed by atoms with van der Waals surface area (Å²) in [5.74, 6) is 1.24. The lowest BCUT2D eigenvalue weighted by Gasteiger charge is -2.11. The lowest BCUT2D eigenvalue weighted by Crippen LogP contribution is -2.08. The summed E-state index contributed by atoms with van der Waals surface area (Å²) in [6, 6.07) is 15.7. The van der Waals surface area contributed by atoms with Gasteiger partial charge in [0.2, 0.25) is 0 Å². The Hall–Kier alpha value is -3.21. The maximum absolute atomic E-state index is 12.5. The second kappa shape index (κ2) is 8.86. The number of nitrogens with zero attached hydrogens (tertiary/aromatic N) is 1. The standard InChI is InChI=1S/C24H27NO4/c1-6-28-19-11-9-18(10-12-19)22-21(15-25(4)23(22)24(26)27-5)17-7-13-20(14-8-17)29-16(2)3/h7-16H,6H2,1-5H3. The molecule has 0 aliphatic heterocycles. The Bertz CT molecular complexity index is 969. The third-order valence-corrected chi connectivity index (χ3v) is 4.55. The van der Waals surface area contributed by atoms with Gasteiger partial charge in [-0.05, 0) is 56.2 Å². The monoisotopic (exact) mass is 393 g/mol. The van der Waals surface area contributed by atoms with E-state index in [0.29, 0.717) is 12.3 Å². The number of rotatable bonds is 7. The van der Waals surface area contributed by atoms with E-state index in [0.717, 1.165) is 33.8 Å². The molecule has 5 heteroatoms. The van der Waals surface area contributed by atoms with Crippen LogP contribution >= 0.6 is 0 Å². The molecular formula is C24H27NO4. The van der Waals surface area contributed by atoms with E-state index in [-0.39, 0.29) is 12.1 Å². The zero-order valence-corrected chi connectivity index (χ0v) is 17.6. The van der Waals surface area contributed by atoms with E-state index < -0.39 is 0 Å². The van der Waals surface area contributed by atoms with Crippen molar-refractivity contribution in [1.82, 2.24) is 4.57 Å². The largest absolute Gasteiger partial charge is 0.494 e. The molecule has 0 aliphatic rings. The Labute approximate surface area is 171 Å². The van der Waals surface area contributed by atoms with Crippen LogP contribution in [0.25, 0.3) is 22.3 Å². The number of carbonyl (C=O) groups is 1. The topological polar surface area (TPSA) is 49.7 Å². The van der Waals surface area contributed by atoms with Crippen molar-refractivity contribution >= 4 is 5.97 Å². The summed E-state index contributed by atoms with van der Waals surface area (Å²) in [6.07, 6.45) is 2.07. The molecule has 0 spiro atoms. The number of carbonyl (C=O) groups excluding carboxylic acids is 1. The van der Waals surface area contributed by atoms with Gasteiger partial charge in [0.25, 0.3) is 0 Å². The number of benzene rings is 2. The first-order valence-electron chi connectivity index (χ1n) is 9.72. The van der Waals surface area contributed by atoms with E-state index in [2.05, 4.69) is 0 Å². The summed E-state index contributed by atoms with van der Waals surface area (Å²) in [7, 11) is 3.25. The highest BCUT2D eigenvalue weighted by molar-refractivity contribution is 6.01. The van der Waals surface area contributed by atoms with Crippen LogP contribution in [0.3, 0.4) is 0 Å². The number of hydrogen-bond acceptors (Lipinski definition) is 4. The molecule has 0 radical (unpaired) electrons. The van der Waals surface area contributed by atoms with Crippen molar-refractivity contribution < 1.29 is 19.0 Å². The number of ether oxygens (including phenoxy) is 3. The predicted octanol–water partition coefficient (Wildman–Crippen LogP) is 5.33. The summed E-state index contributed by atoms with van der Waals surface area (Å²) in [4.78, 5) is 12.5. The van der Waals surface area contributed by atoms with Crippen LogP contribution in [0.15, 0.2) is 54.7 Å². The molecule has 0 aliphatic carbocycles. The van der Waals surface area contributed by atoms with E-state index in [1.54, 1.807) is 0 Å². The molecule has 0 atom stereocenters. The van der Waals surface area contributed by atoms with E-state index in [1.165, 1.54) is 7.11 Å². The lowest BCUT2D eigenvalue weighted by atomic mass is 9.96. The minimum Gasteiger partial charge on any atom is -0.494 e. The lowest BCUT2D eigenvalue weighted by molar-refractivity contribution is 0.0591. The minimum absolute atomic E-state index is 0.114. The van der Waals surface area contributed by atoms with Crippen LogP contribution in [-0.4, -0.2) is 30.4 Å². The molecule has 152 valence electrons. The number of hydrogen-bond donors (Lipinski definition) is 0.